The molecule has 17 nitrogen and oxygen atoms in total. The summed E-state index contributed by atoms with van der Waals surface area (Å²) >= 11 is 0. The standard InChI is InChI=1S/C30H32F4N6O3Si.C24H18F4N6O2/c1-18(19-7-6-8-21(13-19)43-30(32,33)34)36-29(41)23-16-40(17-42-11-12-44(3,4)5)28-27(23)37-24(15-35-28)26-22-10-9-20(31)14-25(22)39(2)38-26;1-12(13-4-3-5-15(8-13)36-24(26,27)28)31-23(35)17-10-29-22-21(17)32-18(11-30-22)20-16-7-6-14(25)9-19(16)34(2)33-20/h6-10,13-16,18H,11-12,17H2,1-5H3,(H,36,41);3-12H,1-2H3,(H,29,30)(H,31,35)/t18-;12-/m00/s1. The Kier molecular flexibility index (Phi) is 15.5. The molecular weight excluding hydrogens is 1080 g/mol. The lowest BCUT2D eigenvalue weighted by atomic mass is 10.1. The van der Waals surface area contributed by atoms with Crippen molar-refractivity contribution in [2.45, 2.75) is 71.1 Å². The maximum atomic E-state index is 13.9. The minimum Gasteiger partial charge on any atom is -0.406 e. The van der Waals surface area contributed by atoms with Crippen molar-refractivity contribution in [3.8, 4) is 34.3 Å². The lowest BCUT2D eigenvalue weighted by Crippen LogP contribution is -2.26. The van der Waals surface area contributed by atoms with E-state index in [1.807, 2.05) is 0 Å². The molecule has 416 valence electrons. The van der Waals surface area contributed by atoms with Crippen molar-refractivity contribution in [1.82, 2.24) is 59.7 Å². The summed E-state index contributed by atoms with van der Waals surface area (Å²) in [6.45, 7) is 10.7. The first-order chi connectivity index (χ1) is 37.8. The molecule has 0 aliphatic carbocycles. The van der Waals surface area contributed by atoms with E-state index in [0.717, 1.165) is 6.04 Å². The van der Waals surface area contributed by atoms with Gasteiger partial charge in [-0.15, -0.1) is 26.3 Å². The van der Waals surface area contributed by atoms with Crippen molar-refractivity contribution < 1.29 is 58.9 Å². The highest BCUT2D eigenvalue weighted by Crippen LogP contribution is 2.33. The molecule has 0 saturated heterocycles. The van der Waals surface area contributed by atoms with E-state index < -0.39 is 56.3 Å². The van der Waals surface area contributed by atoms with Crippen LogP contribution in [0.15, 0.2) is 110 Å². The fraction of sp³-hybridized carbons (Fsp3) is 0.259. The van der Waals surface area contributed by atoms with Crippen LogP contribution in [-0.4, -0.2) is 88.3 Å². The zero-order chi connectivity index (χ0) is 57.4. The summed E-state index contributed by atoms with van der Waals surface area (Å²) in [4.78, 5) is 47.9. The monoisotopic (exact) mass is 1130 g/mol. The van der Waals surface area contributed by atoms with Crippen LogP contribution in [0.4, 0.5) is 35.1 Å². The molecule has 3 N–H and O–H groups in total. The van der Waals surface area contributed by atoms with Gasteiger partial charge in [0, 0.05) is 51.9 Å². The van der Waals surface area contributed by atoms with Crippen LogP contribution in [0, 0.1) is 11.6 Å². The van der Waals surface area contributed by atoms with E-state index in [1.165, 1.54) is 77.7 Å². The van der Waals surface area contributed by atoms with Crippen molar-refractivity contribution >= 4 is 64.0 Å². The molecule has 6 heterocycles. The lowest BCUT2D eigenvalue weighted by Gasteiger charge is -2.16. The third-order valence-electron chi connectivity index (χ3n) is 12.7. The Labute approximate surface area is 450 Å². The number of ether oxygens (including phenoxy) is 3. The van der Waals surface area contributed by atoms with Crippen LogP contribution in [-0.2, 0) is 25.6 Å². The van der Waals surface area contributed by atoms with Crippen LogP contribution >= 0.6 is 0 Å². The Morgan fingerprint density at radius 2 is 1.18 bits per heavy atom. The van der Waals surface area contributed by atoms with E-state index >= 15 is 0 Å². The first-order valence-corrected chi connectivity index (χ1v) is 28.3. The Morgan fingerprint density at radius 3 is 1.69 bits per heavy atom. The third-order valence-corrected chi connectivity index (χ3v) is 14.4. The van der Waals surface area contributed by atoms with Crippen LogP contribution in [0.5, 0.6) is 11.5 Å². The average molecular weight is 1130 g/mol. The normalized spacial score (nSPS) is 12.9. The van der Waals surface area contributed by atoms with Crippen molar-refractivity contribution in [1.29, 1.82) is 0 Å². The molecule has 6 aromatic heterocycles. The van der Waals surface area contributed by atoms with Crippen molar-refractivity contribution in [2.75, 3.05) is 6.61 Å². The summed E-state index contributed by atoms with van der Waals surface area (Å²) < 4.78 is 122. The van der Waals surface area contributed by atoms with Gasteiger partial charge in [-0.05, 0) is 91.7 Å². The fourth-order valence-corrected chi connectivity index (χ4v) is 9.42. The maximum absolute atomic E-state index is 13.9. The maximum Gasteiger partial charge on any atom is 0.573 e. The van der Waals surface area contributed by atoms with Crippen LogP contribution in [0.3, 0.4) is 0 Å². The van der Waals surface area contributed by atoms with Gasteiger partial charge in [0.1, 0.15) is 63.7 Å². The number of H-pyrrole nitrogens is 1. The second-order valence-electron chi connectivity index (χ2n) is 19.8. The predicted octanol–water partition coefficient (Wildman–Crippen LogP) is 11.9. The third kappa shape index (κ3) is 12.9. The van der Waals surface area contributed by atoms with Gasteiger partial charge in [-0.2, -0.15) is 10.2 Å². The van der Waals surface area contributed by atoms with E-state index in [4.69, 9.17) is 9.72 Å². The molecule has 2 atom stereocenters. The van der Waals surface area contributed by atoms with Crippen molar-refractivity contribution in [3.05, 3.63) is 144 Å². The van der Waals surface area contributed by atoms with E-state index in [1.54, 1.807) is 73.9 Å². The molecule has 4 aromatic carbocycles. The number of aryl methyl sites for hydroxylation is 2. The number of nitrogens with one attached hydrogen (secondary N) is 3. The van der Waals surface area contributed by atoms with E-state index in [0.29, 0.717) is 73.6 Å². The van der Waals surface area contributed by atoms with E-state index in [2.05, 4.69) is 69.9 Å². The smallest absolute Gasteiger partial charge is 0.406 e. The number of amides is 2. The average Bonchev–Trinajstić information content (AvgIpc) is 4.17. The van der Waals surface area contributed by atoms with E-state index in [9.17, 15) is 44.7 Å². The number of hydrogen-bond donors (Lipinski definition) is 3. The highest BCUT2D eigenvalue weighted by atomic mass is 28.3. The highest BCUT2D eigenvalue weighted by Gasteiger charge is 2.33. The SMILES string of the molecule is C[C@H](NC(=O)c1c[nH]c2ncc(-c3nn(C)c4cc(F)ccc34)nc12)c1cccc(OC(F)(F)F)c1.C[C@H](NC(=O)c1cn(COCC[Si](C)(C)C)c2ncc(-c3nn(C)c4cc(F)ccc34)nc12)c1cccc(OC(F)(F)F)c1. The van der Waals surface area contributed by atoms with Crippen LogP contribution in [0.1, 0.15) is 57.8 Å². The molecule has 2 amide bonds. The second kappa shape index (κ2) is 22.2. The number of aromatic amines is 1. The van der Waals surface area contributed by atoms with Gasteiger partial charge in [0.05, 0.1) is 46.6 Å². The van der Waals surface area contributed by atoms with Gasteiger partial charge in [-0.1, -0.05) is 43.9 Å². The van der Waals surface area contributed by atoms with Gasteiger partial charge in [0.2, 0.25) is 0 Å². The number of fused-ring (bicyclic) bond motifs is 4. The molecule has 0 saturated carbocycles. The number of halogens is 8. The molecule has 0 spiro atoms. The van der Waals surface area contributed by atoms with Gasteiger partial charge in [-0.25, -0.2) is 28.7 Å². The van der Waals surface area contributed by atoms with Crippen LogP contribution < -0.4 is 20.1 Å². The molecule has 0 aliphatic rings. The number of alkyl halides is 6. The molecule has 0 fully saturated rings. The molecule has 80 heavy (non-hydrogen) atoms. The number of aromatic nitrogens is 10. The predicted molar refractivity (Wildman–Crippen MR) is 283 cm³/mol. The minimum absolute atomic E-state index is 0.139. The number of hydrogen-bond acceptors (Lipinski definition) is 11. The lowest BCUT2D eigenvalue weighted by molar-refractivity contribution is -0.275. The topological polar surface area (TPSA) is 194 Å². The number of carbonyl (C=O) groups is 2. The Hall–Kier alpha value is -8.78. The summed E-state index contributed by atoms with van der Waals surface area (Å²) in [7, 11) is 2.05. The summed E-state index contributed by atoms with van der Waals surface area (Å²) in [5.74, 6) is -2.58. The molecule has 10 rings (SSSR count). The first kappa shape index (κ1) is 56.0. The van der Waals surface area contributed by atoms with Gasteiger partial charge < -0.3 is 34.4 Å². The Morgan fingerprint density at radius 1 is 0.675 bits per heavy atom. The van der Waals surface area contributed by atoms with Crippen LogP contribution in [0.25, 0.3) is 66.9 Å². The zero-order valence-electron chi connectivity index (χ0n) is 43.8. The van der Waals surface area contributed by atoms with Crippen molar-refractivity contribution in [3.63, 3.8) is 0 Å². The summed E-state index contributed by atoms with van der Waals surface area (Å²) in [5, 5.41) is 15.9. The van der Waals surface area contributed by atoms with Gasteiger partial charge >= 0.3 is 12.7 Å². The molecule has 0 aliphatic heterocycles. The fourth-order valence-electron chi connectivity index (χ4n) is 8.67. The molecular formula is C54H50F8N12O5Si. The zero-order valence-corrected chi connectivity index (χ0v) is 44.8. The van der Waals surface area contributed by atoms with Gasteiger partial charge in [0.25, 0.3) is 11.8 Å². The van der Waals surface area contributed by atoms with E-state index in [-0.39, 0.29) is 40.4 Å². The van der Waals surface area contributed by atoms with Crippen LogP contribution in [0.2, 0.25) is 25.7 Å². The van der Waals surface area contributed by atoms with Crippen molar-refractivity contribution in [2.24, 2.45) is 14.1 Å². The van der Waals surface area contributed by atoms with Gasteiger partial charge in [-0.3, -0.25) is 19.0 Å². The largest absolute Gasteiger partial charge is 0.573 e. The quantitative estimate of drug-likeness (QED) is 0.0502. The number of rotatable bonds is 15. The Bertz CT molecular complexity index is 3940. The summed E-state index contributed by atoms with van der Waals surface area (Å²) in [6.07, 6.45) is -3.57. The molecule has 0 unspecified atom stereocenters. The molecule has 0 radical (unpaired) electrons. The molecule has 10 aromatic rings. The number of nitrogens with zero attached hydrogens (tertiary/aromatic N) is 9. The first-order valence-electron chi connectivity index (χ1n) is 24.6. The second-order valence-corrected chi connectivity index (χ2v) is 25.5. The minimum atomic E-state index is -4.84. The Balaban J connectivity index is 0.000000197. The molecule has 26 heteroatoms. The van der Waals surface area contributed by atoms with Gasteiger partial charge in [0.15, 0.2) is 11.3 Å². The number of carbonyl (C=O) groups excluding carboxylic acids is 2. The number of benzene rings is 4. The summed E-state index contributed by atoms with van der Waals surface area (Å²) in [6, 6.07) is 19.1. The highest BCUT2D eigenvalue weighted by molar-refractivity contribution is 6.76. The summed E-state index contributed by atoms with van der Waals surface area (Å²) in [5.41, 5.74) is 5.43. The molecule has 0 bridgehead atoms.